The van der Waals surface area contributed by atoms with E-state index in [0.717, 1.165) is 35.5 Å². The number of piperazine rings is 1. The Bertz CT molecular complexity index is 1220. The van der Waals surface area contributed by atoms with Crippen molar-refractivity contribution >= 4 is 21.4 Å². The van der Waals surface area contributed by atoms with Gasteiger partial charge in [-0.05, 0) is 62.2 Å². The second kappa shape index (κ2) is 9.45. The maximum Gasteiger partial charge on any atom is 0.262 e. The highest BCUT2D eigenvalue weighted by molar-refractivity contribution is 7.92. The first-order chi connectivity index (χ1) is 15.7. The Morgan fingerprint density at radius 3 is 2.27 bits per heavy atom. The lowest BCUT2D eigenvalue weighted by Gasteiger charge is -2.38. The van der Waals surface area contributed by atoms with Crippen molar-refractivity contribution in [1.82, 2.24) is 5.32 Å². The molecule has 1 heterocycles. The summed E-state index contributed by atoms with van der Waals surface area (Å²) < 4.78 is 34.5. The van der Waals surface area contributed by atoms with Crippen LogP contribution >= 0.6 is 0 Å². The molecule has 0 aliphatic carbocycles. The Labute approximate surface area is 196 Å². The summed E-state index contributed by atoms with van der Waals surface area (Å²) in [6.45, 7) is 8.04. The van der Waals surface area contributed by atoms with Crippen molar-refractivity contribution in [3.8, 4) is 16.9 Å². The number of hydrogen-bond donors (Lipinski definition) is 2. The number of nitrogens with one attached hydrogen (secondary N) is 2. The van der Waals surface area contributed by atoms with E-state index >= 15 is 0 Å². The van der Waals surface area contributed by atoms with Crippen molar-refractivity contribution in [2.45, 2.75) is 37.8 Å². The smallest absolute Gasteiger partial charge is 0.262 e. The fourth-order valence-electron chi connectivity index (χ4n) is 4.36. The van der Waals surface area contributed by atoms with Crippen LogP contribution in [0.1, 0.15) is 19.4 Å². The zero-order valence-corrected chi connectivity index (χ0v) is 20.3. The summed E-state index contributed by atoms with van der Waals surface area (Å²) in [5.41, 5.74) is 4.58. The SMILES string of the molecule is COc1ccc(N2C[C@@H](C)N[C@@H](C)C2)cc1NS(=O)(=O)c1ccc(-c2cccc(C)c2)cc1. The molecule has 0 spiro atoms. The van der Waals surface area contributed by atoms with Crippen LogP contribution in [0.2, 0.25) is 0 Å². The summed E-state index contributed by atoms with van der Waals surface area (Å²) in [5.74, 6) is 0.481. The normalized spacial score (nSPS) is 18.7. The minimum atomic E-state index is -3.78. The summed E-state index contributed by atoms with van der Waals surface area (Å²) in [6, 6.07) is 21.4. The third kappa shape index (κ3) is 5.31. The lowest BCUT2D eigenvalue weighted by Crippen LogP contribution is -2.54. The van der Waals surface area contributed by atoms with Gasteiger partial charge in [-0.3, -0.25) is 4.72 Å². The van der Waals surface area contributed by atoms with E-state index in [1.165, 1.54) is 0 Å². The van der Waals surface area contributed by atoms with E-state index in [-0.39, 0.29) is 4.90 Å². The first kappa shape index (κ1) is 23.1. The molecule has 0 amide bonds. The fraction of sp³-hybridized carbons (Fsp3) is 0.308. The average Bonchev–Trinajstić information content (AvgIpc) is 2.78. The fourth-order valence-corrected chi connectivity index (χ4v) is 5.43. The van der Waals surface area contributed by atoms with Crippen molar-refractivity contribution in [3.63, 3.8) is 0 Å². The van der Waals surface area contributed by atoms with Crippen LogP contribution in [0.4, 0.5) is 11.4 Å². The van der Waals surface area contributed by atoms with E-state index in [0.29, 0.717) is 23.5 Å². The number of rotatable bonds is 6. The molecule has 1 aliphatic heterocycles. The molecule has 2 atom stereocenters. The zero-order valence-electron chi connectivity index (χ0n) is 19.5. The van der Waals surface area contributed by atoms with Crippen LogP contribution in [0.3, 0.4) is 0 Å². The first-order valence-electron chi connectivity index (χ1n) is 11.1. The van der Waals surface area contributed by atoms with Crippen LogP contribution in [0.5, 0.6) is 5.75 Å². The number of benzene rings is 3. The number of sulfonamides is 1. The molecule has 1 fully saturated rings. The van der Waals surface area contributed by atoms with Crippen molar-refractivity contribution in [1.29, 1.82) is 0 Å². The molecule has 2 N–H and O–H groups in total. The minimum Gasteiger partial charge on any atom is -0.495 e. The predicted molar refractivity (Wildman–Crippen MR) is 135 cm³/mol. The van der Waals surface area contributed by atoms with E-state index in [1.807, 2.05) is 55.5 Å². The molecule has 0 radical (unpaired) electrons. The maximum atomic E-state index is 13.2. The topological polar surface area (TPSA) is 70.7 Å². The summed E-state index contributed by atoms with van der Waals surface area (Å²) in [5, 5.41) is 3.52. The van der Waals surface area contributed by atoms with E-state index in [1.54, 1.807) is 19.2 Å². The van der Waals surface area contributed by atoms with E-state index in [2.05, 4.69) is 34.9 Å². The quantitative estimate of drug-likeness (QED) is 0.554. The summed E-state index contributed by atoms with van der Waals surface area (Å²) in [6.07, 6.45) is 0. The Balaban J connectivity index is 1.59. The molecule has 1 aliphatic rings. The largest absolute Gasteiger partial charge is 0.495 e. The Kier molecular flexibility index (Phi) is 6.63. The number of aryl methyl sites for hydroxylation is 1. The van der Waals surface area contributed by atoms with Gasteiger partial charge in [0, 0.05) is 30.9 Å². The van der Waals surface area contributed by atoms with Gasteiger partial charge in [0.15, 0.2) is 0 Å². The molecule has 0 saturated carbocycles. The lowest BCUT2D eigenvalue weighted by molar-refractivity contribution is 0.406. The van der Waals surface area contributed by atoms with E-state index in [9.17, 15) is 8.42 Å². The third-order valence-electron chi connectivity index (χ3n) is 5.87. The van der Waals surface area contributed by atoms with E-state index < -0.39 is 10.0 Å². The standard InChI is InChI=1S/C26H31N3O3S/c1-18-6-5-7-22(14-18)21-8-11-24(12-9-21)33(30,31)28-25-15-23(10-13-26(25)32-4)29-16-19(2)27-20(3)17-29/h5-15,19-20,27-28H,16-17H2,1-4H3/t19-,20+. The van der Waals surface area contributed by atoms with Crippen LogP contribution in [-0.4, -0.2) is 40.7 Å². The van der Waals surface area contributed by atoms with Gasteiger partial charge >= 0.3 is 0 Å². The molecule has 0 aromatic heterocycles. The van der Waals surface area contributed by atoms with Crippen molar-refractivity contribution in [2.75, 3.05) is 29.8 Å². The molecular weight excluding hydrogens is 434 g/mol. The van der Waals surface area contributed by atoms with Gasteiger partial charge in [0.2, 0.25) is 0 Å². The summed E-state index contributed by atoms with van der Waals surface area (Å²) in [7, 11) is -2.24. The number of anilines is 2. The van der Waals surface area contributed by atoms with Crippen LogP contribution in [-0.2, 0) is 10.0 Å². The minimum absolute atomic E-state index is 0.204. The summed E-state index contributed by atoms with van der Waals surface area (Å²) in [4.78, 5) is 2.47. The van der Waals surface area contributed by atoms with Crippen LogP contribution in [0, 0.1) is 6.92 Å². The predicted octanol–water partition coefficient (Wildman–Crippen LogP) is 4.66. The second-order valence-electron chi connectivity index (χ2n) is 8.76. The molecule has 3 aromatic rings. The highest BCUT2D eigenvalue weighted by Crippen LogP contribution is 2.32. The molecule has 4 rings (SSSR count). The number of hydrogen-bond acceptors (Lipinski definition) is 5. The zero-order chi connectivity index (χ0) is 23.6. The monoisotopic (exact) mass is 465 g/mol. The van der Waals surface area contributed by atoms with Gasteiger partial charge in [0.25, 0.3) is 10.0 Å². The van der Waals surface area contributed by atoms with Crippen LogP contribution in [0.15, 0.2) is 71.6 Å². The Hall–Kier alpha value is -3.03. The average molecular weight is 466 g/mol. The van der Waals surface area contributed by atoms with Crippen molar-refractivity contribution in [2.24, 2.45) is 0 Å². The molecule has 174 valence electrons. The number of ether oxygens (including phenoxy) is 1. The van der Waals surface area contributed by atoms with E-state index in [4.69, 9.17) is 4.74 Å². The molecular formula is C26H31N3O3S. The van der Waals surface area contributed by atoms with Gasteiger partial charge in [-0.25, -0.2) is 8.42 Å². The molecule has 0 bridgehead atoms. The van der Waals surface area contributed by atoms with Gasteiger partial charge in [-0.1, -0.05) is 42.0 Å². The molecule has 1 saturated heterocycles. The van der Waals surface area contributed by atoms with Crippen molar-refractivity contribution in [3.05, 3.63) is 72.3 Å². The molecule has 0 unspecified atom stereocenters. The number of nitrogens with zero attached hydrogens (tertiary/aromatic N) is 1. The third-order valence-corrected chi connectivity index (χ3v) is 7.25. The second-order valence-corrected chi connectivity index (χ2v) is 10.4. The molecule has 33 heavy (non-hydrogen) atoms. The van der Waals surface area contributed by atoms with Gasteiger partial charge in [-0.15, -0.1) is 0 Å². The maximum absolute atomic E-state index is 13.2. The van der Waals surface area contributed by atoms with Gasteiger partial charge in [0.1, 0.15) is 5.75 Å². The van der Waals surface area contributed by atoms with Gasteiger partial charge < -0.3 is 15.0 Å². The highest BCUT2D eigenvalue weighted by Gasteiger charge is 2.23. The molecule has 6 nitrogen and oxygen atoms in total. The van der Waals surface area contributed by atoms with Crippen LogP contribution < -0.4 is 19.7 Å². The Morgan fingerprint density at radius 1 is 0.939 bits per heavy atom. The number of methoxy groups -OCH3 is 1. The Morgan fingerprint density at radius 2 is 1.64 bits per heavy atom. The lowest BCUT2D eigenvalue weighted by atomic mass is 10.0. The van der Waals surface area contributed by atoms with Gasteiger partial charge in [-0.2, -0.15) is 0 Å². The van der Waals surface area contributed by atoms with Crippen LogP contribution in [0.25, 0.3) is 11.1 Å². The first-order valence-corrected chi connectivity index (χ1v) is 12.6. The molecule has 7 heteroatoms. The summed E-state index contributed by atoms with van der Waals surface area (Å²) >= 11 is 0. The van der Waals surface area contributed by atoms with Crippen molar-refractivity contribution < 1.29 is 13.2 Å². The molecule has 3 aromatic carbocycles. The van der Waals surface area contributed by atoms with Gasteiger partial charge in [0.05, 0.1) is 17.7 Å². The highest BCUT2D eigenvalue weighted by atomic mass is 32.2.